The third kappa shape index (κ3) is 5.93. The van der Waals surface area contributed by atoms with Crippen LogP contribution in [0.4, 0.5) is 24.5 Å². The predicted molar refractivity (Wildman–Crippen MR) is 100 cm³/mol. The molecule has 0 radical (unpaired) electrons. The van der Waals surface area contributed by atoms with Gasteiger partial charge in [0, 0.05) is 18.7 Å². The lowest BCUT2D eigenvalue weighted by Crippen LogP contribution is -2.41. The van der Waals surface area contributed by atoms with E-state index in [9.17, 15) is 32.9 Å². The highest BCUT2D eigenvalue weighted by atomic mass is 19.2. The molecule has 0 saturated carbocycles. The molecule has 0 bridgehead atoms. The van der Waals surface area contributed by atoms with Gasteiger partial charge in [0.25, 0.3) is 11.6 Å². The van der Waals surface area contributed by atoms with E-state index in [0.29, 0.717) is 12.5 Å². The fourth-order valence-corrected chi connectivity index (χ4v) is 2.45. The highest BCUT2D eigenvalue weighted by Gasteiger charge is 2.20. The summed E-state index contributed by atoms with van der Waals surface area (Å²) >= 11 is 0. The molecule has 11 heteroatoms. The maximum atomic E-state index is 13.7. The van der Waals surface area contributed by atoms with Gasteiger partial charge in [-0.05, 0) is 30.7 Å². The molecular formula is C19H18F3N3O5. The number of non-ortho nitro benzene ring substituents is 1. The Labute approximate surface area is 169 Å². The first-order valence-electron chi connectivity index (χ1n) is 8.81. The number of rotatable bonds is 9. The summed E-state index contributed by atoms with van der Waals surface area (Å²) in [4.78, 5) is 35.7. The largest absolute Gasteiger partial charge is 0.484 e. The van der Waals surface area contributed by atoms with Crippen molar-refractivity contribution >= 4 is 23.2 Å². The van der Waals surface area contributed by atoms with Crippen LogP contribution in [0.2, 0.25) is 0 Å². The number of carbonyl (C=O) groups excluding carboxylic acids is 2. The van der Waals surface area contributed by atoms with Gasteiger partial charge in [-0.1, -0.05) is 6.92 Å². The third-order valence-electron chi connectivity index (χ3n) is 3.90. The molecule has 0 atom stereocenters. The minimum atomic E-state index is -1.72. The number of nitro benzene ring substituents is 1. The molecule has 2 aromatic carbocycles. The Morgan fingerprint density at radius 3 is 2.37 bits per heavy atom. The van der Waals surface area contributed by atoms with Crippen molar-refractivity contribution in [3.05, 3.63) is 64.0 Å². The zero-order chi connectivity index (χ0) is 22.3. The molecule has 0 heterocycles. The molecule has 30 heavy (non-hydrogen) atoms. The maximum absolute atomic E-state index is 13.7. The van der Waals surface area contributed by atoms with Gasteiger partial charge < -0.3 is 15.0 Å². The van der Waals surface area contributed by atoms with Crippen molar-refractivity contribution < 1.29 is 32.4 Å². The molecule has 0 unspecified atom stereocenters. The highest BCUT2D eigenvalue weighted by Crippen LogP contribution is 2.20. The Kier molecular flexibility index (Phi) is 7.73. The number of hydrogen-bond donors (Lipinski definition) is 1. The summed E-state index contributed by atoms with van der Waals surface area (Å²) in [6.07, 6.45) is 0.510. The van der Waals surface area contributed by atoms with Gasteiger partial charge in [0.05, 0.1) is 17.2 Å². The number of nitrogens with zero attached hydrogens (tertiary/aromatic N) is 2. The second-order valence-corrected chi connectivity index (χ2v) is 6.13. The fraction of sp³-hybridized carbons (Fsp3) is 0.263. The molecule has 0 aliphatic carbocycles. The number of ether oxygens (including phenoxy) is 1. The predicted octanol–water partition coefficient (Wildman–Crippen LogP) is 3.27. The Bertz CT molecular complexity index is 938. The number of halogens is 3. The van der Waals surface area contributed by atoms with E-state index in [0.717, 1.165) is 11.0 Å². The van der Waals surface area contributed by atoms with Crippen LogP contribution < -0.4 is 10.1 Å². The smallest absolute Gasteiger partial charge is 0.269 e. The van der Waals surface area contributed by atoms with Crippen molar-refractivity contribution in [1.82, 2.24) is 4.90 Å². The molecule has 2 rings (SSSR count). The number of nitrogens with one attached hydrogen (secondary N) is 1. The van der Waals surface area contributed by atoms with Gasteiger partial charge in [0.2, 0.25) is 5.91 Å². The average Bonchev–Trinajstić information content (AvgIpc) is 2.72. The van der Waals surface area contributed by atoms with Gasteiger partial charge in [0.15, 0.2) is 24.1 Å². The summed E-state index contributed by atoms with van der Waals surface area (Å²) in [5, 5.41) is 12.7. The van der Waals surface area contributed by atoms with Crippen LogP contribution in [0.5, 0.6) is 5.75 Å². The first-order valence-corrected chi connectivity index (χ1v) is 8.81. The van der Waals surface area contributed by atoms with Crippen LogP contribution in [0.15, 0.2) is 36.4 Å². The van der Waals surface area contributed by atoms with Crippen molar-refractivity contribution in [1.29, 1.82) is 0 Å². The van der Waals surface area contributed by atoms with Crippen molar-refractivity contribution in [2.24, 2.45) is 0 Å². The number of hydrogen-bond acceptors (Lipinski definition) is 5. The maximum Gasteiger partial charge on any atom is 0.269 e. The van der Waals surface area contributed by atoms with Gasteiger partial charge in [-0.15, -0.1) is 0 Å². The quantitative estimate of drug-likeness (QED) is 0.378. The van der Waals surface area contributed by atoms with E-state index in [4.69, 9.17) is 4.74 Å². The molecule has 8 nitrogen and oxygen atoms in total. The summed E-state index contributed by atoms with van der Waals surface area (Å²) in [7, 11) is 0. The third-order valence-corrected chi connectivity index (χ3v) is 3.90. The van der Waals surface area contributed by atoms with E-state index < -0.39 is 53.0 Å². The Balaban J connectivity index is 1.97. The minimum absolute atomic E-state index is 0.137. The van der Waals surface area contributed by atoms with Gasteiger partial charge in [-0.2, -0.15) is 0 Å². The Morgan fingerprint density at radius 1 is 1.10 bits per heavy atom. The number of carbonyl (C=O) groups is 2. The summed E-state index contributed by atoms with van der Waals surface area (Å²) in [5.41, 5.74) is -0.688. The monoisotopic (exact) mass is 425 g/mol. The van der Waals surface area contributed by atoms with Gasteiger partial charge in [0.1, 0.15) is 5.75 Å². The normalized spacial score (nSPS) is 10.4. The van der Waals surface area contributed by atoms with E-state index in [-0.39, 0.29) is 18.0 Å². The SMILES string of the molecule is CCCN(CC(=O)Nc1ccc(F)c(F)c1F)C(=O)COc1ccc([N+](=O)[O-])cc1. The molecule has 0 aromatic heterocycles. The van der Waals surface area contributed by atoms with Crippen molar-refractivity contribution in [2.45, 2.75) is 13.3 Å². The molecule has 0 saturated heterocycles. The van der Waals surface area contributed by atoms with Crippen molar-refractivity contribution in [3.8, 4) is 5.75 Å². The summed E-state index contributed by atoms with van der Waals surface area (Å²) in [5.74, 6) is -5.80. The van der Waals surface area contributed by atoms with E-state index in [1.807, 2.05) is 0 Å². The molecular weight excluding hydrogens is 407 g/mol. The van der Waals surface area contributed by atoms with Gasteiger partial charge >= 0.3 is 0 Å². The second kappa shape index (κ2) is 10.2. The zero-order valence-electron chi connectivity index (χ0n) is 15.9. The standard InChI is InChI=1S/C19H18F3N3O5/c1-2-9-24(10-16(26)23-15-8-7-14(20)18(21)19(15)22)17(27)11-30-13-5-3-12(4-6-13)25(28)29/h3-8H,2,9-11H2,1H3,(H,23,26). The average molecular weight is 425 g/mol. The molecule has 0 fully saturated rings. The van der Waals surface area contributed by atoms with Crippen LogP contribution in [0.1, 0.15) is 13.3 Å². The molecule has 0 aliphatic heterocycles. The lowest BCUT2D eigenvalue weighted by molar-refractivity contribution is -0.384. The summed E-state index contributed by atoms with van der Waals surface area (Å²) < 4.78 is 45.2. The lowest BCUT2D eigenvalue weighted by atomic mass is 10.2. The molecule has 0 spiro atoms. The molecule has 160 valence electrons. The van der Waals surface area contributed by atoms with Crippen molar-refractivity contribution in [3.63, 3.8) is 0 Å². The molecule has 2 aromatic rings. The van der Waals surface area contributed by atoms with E-state index in [2.05, 4.69) is 5.32 Å². The highest BCUT2D eigenvalue weighted by molar-refractivity contribution is 5.94. The first kappa shape index (κ1) is 22.7. The van der Waals surface area contributed by atoms with E-state index >= 15 is 0 Å². The van der Waals surface area contributed by atoms with E-state index in [1.165, 1.54) is 24.3 Å². The molecule has 1 N–H and O–H groups in total. The zero-order valence-corrected chi connectivity index (χ0v) is 15.9. The summed E-state index contributed by atoms with van der Waals surface area (Å²) in [6, 6.07) is 6.62. The number of nitro groups is 1. The van der Waals surface area contributed by atoms with Gasteiger partial charge in [-0.3, -0.25) is 19.7 Å². The first-order chi connectivity index (χ1) is 14.2. The lowest BCUT2D eigenvalue weighted by Gasteiger charge is -2.21. The Hall–Kier alpha value is -3.63. The van der Waals surface area contributed by atoms with E-state index in [1.54, 1.807) is 6.92 Å². The minimum Gasteiger partial charge on any atom is -0.484 e. The van der Waals surface area contributed by atoms with Crippen LogP contribution in [0.3, 0.4) is 0 Å². The molecule has 0 aliphatic rings. The topological polar surface area (TPSA) is 102 Å². The van der Waals surface area contributed by atoms with Crippen LogP contribution in [-0.2, 0) is 9.59 Å². The van der Waals surface area contributed by atoms with Crippen LogP contribution in [0.25, 0.3) is 0 Å². The second-order valence-electron chi connectivity index (χ2n) is 6.13. The van der Waals surface area contributed by atoms with Gasteiger partial charge in [-0.25, -0.2) is 13.2 Å². The molecule has 2 amide bonds. The van der Waals surface area contributed by atoms with Crippen LogP contribution in [-0.4, -0.2) is 41.3 Å². The summed E-state index contributed by atoms with van der Waals surface area (Å²) in [6.45, 7) is 1.06. The number of anilines is 1. The van der Waals surface area contributed by atoms with Crippen LogP contribution in [0, 0.1) is 27.6 Å². The number of benzene rings is 2. The van der Waals surface area contributed by atoms with Crippen LogP contribution >= 0.6 is 0 Å². The fourth-order valence-electron chi connectivity index (χ4n) is 2.45. The number of amides is 2. The van der Waals surface area contributed by atoms with Crippen molar-refractivity contribution in [2.75, 3.05) is 25.0 Å². The Morgan fingerprint density at radius 2 is 1.77 bits per heavy atom.